The maximum Gasteiger partial charge on any atom is 0.416 e. The number of benzene rings is 3. The Hall–Kier alpha value is -3.33. The molecule has 0 aliphatic rings. The topological polar surface area (TPSA) is 83.5 Å². The lowest BCUT2D eigenvalue weighted by Crippen LogP contribution is -2.15. The Morgan fingerprint density at radius 1 is 0.906 bits per heavy atom. The van der Waals surface area contributed by atoms with Gasteiger partial charge in [0, 0.05) is 0 Å². The molecular weight excluding hydrogens is 443 g/mol. The second kappa shape index (κ2) is 9.44. The van der Waals surface area contributed by atoms with E-state index in [1.807, 2.05) is 6.07 Å². The van der Waals surface area contributed by atoms with E-state index in [4.69, 9.17) is 5.11 Å². The predicted octanol–water partition coefficient (Wildman–Crippen LogP) is 5.38. The van der Waals surface area contributed by atoms with Crippen molar-refractivity contribution in [1.82, 2.24) is 0 Å². The minimum Gasteiger partial charge on any atom is -0.478 e. The van der Waals surface area contributed by atoms with E-state index in [0.717, 1.165) is 35.4 Å². The van der Waals surface area contributed by atoms with Crippen LogP contribution in [0.1, 0.15) is 33.5 Å². The second-order valence-corrected chi connectivity index (χ2v) is 8.83. The van der Waals surface area contributed by atoms with Crippen LogP contribution in [0.2, 0.25) is 0 Å². The summed E-state index contributed by atoms with van der Waals surface area (Å²) in [6, 6.07) is 16.7. The Bertz CT molecular complexity index is 1210. The summed E-state index contributed by atoms with van der Waals surface area (Å²) >= 11 is 0. The van der Waals surface area contributed by atoms with Crippen LogP contribution in [0.4, 0.5) is 18.9 Å². The Morgan fingerprint density at radius 3 is 2.25 bits per heavy atom. The zero-order valence-corrected chi connectivity index (χ0v) is 17.6. The number of alkyl halides is 3. The molecule has 0 radical (unpaired) electrons. The highest BCUT2D eigenvalue weighted by Gasteiger charge is 2.30. The summed E-state index contributed by atoms with van der Waals surface area (Å²) in [6.07, 6.45) is -2.79. The fourth-order valence-electron chi connectivity index (χ4n) is 3.21. The van der Waals surface area contributed by atoms with Crippen molar-refractivity contribution in [2.24, 2.45) is 0 Å². The van der Waals surface area contributed by atoms with Crippen molar-refractivity contribution in [2.75, 3.05) is 4.72 Å². The van der Waals surface area contributed by atoms with Gasteiger partial charge in [0.1, 0.15) is 0 Å². The molecule has 0 aliphatic carbocycles. The summed E-state index contributed by atoms with van der Waals surface area (Å²) in [7, 11) is -4.07. The molecule has 0 fully saturated rings. The molecule has 3 aromatic carbocycles. The van der Waals surface area contributed by atoms with Gasteiger partial charge in [-0.25, -0.2) is 13.2 Å². The molecular formula is C23H20F3NO4S. The van der Waals surface area contributed by atoms with E-state index in [-0.39, 0.29) is 10.5 Å². The molecule has 0 bridgehead atoms. The molecule has 0 saturated heterocycles. The first-order valence-corrected chi connectivity index (χ1v) is 11.1. The van der Waals surface area contributed by atoms with Crippen LogP contribution in [-0.4, -0.2) is 19.5 Å². The number of sulfonamides is 1. The number of rotatable bonds is 8. The lowest BCUT2D eigenvalue weighted by Gasteiger charge is -2.13. The van der Waals surface area contributed by atoms with E-state index in [9.17, 15) is 26.4 Å². The highest BCUT2D eigenvalue weighted by Crippen LogP contribution is 2.30. The predicted molar refractivity (Wildman–Crippen MR) is 114 cm³/mol. The second-order valence-electron chi connectivity index (χ2n) is 7.14. The van der Waals surface area contributed by atoms with Gasteiger partial charge in [0.2, 0.25) is 0 Å². The molecule has 0 aliphatic heterocycles. The smallest absolute Gasteiger partial charge is 0.416 e. The molecule has 0 amide bonds. The zero-order valence-electron chi connectivity index (χ0n) is 16.8. The molecule has 0 heterocycles. The number of hydrogen-bond donors (Lipinski definition) is 2. The maximum absolute atomic E-state index is 12.7. The standard InChI is InChI=1S/C23H20F3NO4S/c24-23(25,26)19-11-13-20(14-12-19)32(30,31)27-21-10-2-1-7-17(21)8-3-5-16-6-4-9-18(15-16)22(28)29/h1-2,4,6-7,9-15,27H,3,5,8H2,(H,28,29). The van der Waals surface area contributed by atoms with Crippen molar-refractivity contribution in [3.05, 3.63) is 95.1 Å². The molecule has 2 N–H and O–H groups in total. The van der Waals surface area contributed by atoms with Gasteiger partial charge in [-0.1, -0.05) is 30.3 Å². The highest BCUT2D eigenvalue weighted by molar-refractivity contribution is 7.92. The number of aryl methyl sites for hydroxylation is 2. The normalized spacial score (nSPS) is 11.8. The highest BCUT2D eigenvalue weighted by atomic mass is 32.2. The Balaban J connectivity index is 1.71. The van der Waals surface area contributed by atoms with Crippen molar-refractivity contribution in [2.45, 2.75) is 30.3 Å². The quantitative estimate of drug-likeness (QED) is 0.470. The van der Waals surface area contributed by atoms with Gasteiger partial charge in [-0.3, -0.25) is 4.72 Å². The van der Waals surface area contributed by atoms with Gasteiger partial charge in [-0.05, 0) is 72.9 Å². The van der Waals surface area contributed by atoms with Gasteiger partial charge in [-0.2, -0.15) is 13.2 Å². The minimum atomic E-state index is -4.55. The maximum atomic E-state index is 12.7. The Labute approximate surface area is 183 Å². The van der Waals surface area contributed by atoms with Crippen molar-refractivity contribution >= 4 is 21.7 Å². The molecule has 3 rings (SSSR count). The molecule has 9 heteroatoms. The van der Waals surface area contributed by atoms with E-state index in [2.05, 4.69) is 4.72 Å². The van der Waals surface area contributed by atoms with Crippen molar-refractivity contribution in [1.29, 1.82) is 0 Å². The third kappa shape index (κ3) is 5.88. The summed E-state index contributed by atoms with van der Waals surface area (Å²) in [5, 5.41) is 9.09. The Kier molecular flexibility index (Phi) is 6.88. The van der Waals surface area contributed by atoms with E-state index in [0.29, 0.717) is 24.9 Å². The molecule has 32 heavy (non-hydrogen) atoms. The number of carboxylic acid groups (broad SMARTS) is 1. The van der Waals surface area contributed by atoms with E-state index < -0.39 is 27.7 Å². The molecule has 0 saturated carbocycles. The number of nitrogens with one attached hydrogen (secondary N) is 1. The van der Waals surface area contributed by atoms with Crippen LogP contribution in [-0.2, 0) is 29.0 Å². The van der Waals surface area contributed by atoms with Crippen LogP contribution in [0.25, 0.3) is 0 Å². The van der Waals surface area contributed by atoms with E-state index in [1.54, 1.807) is 36.4 Å². The van der Waals surface area contributed by atoms with Crippen LogP contribution >= 0.6 is 0 Å². The van der Waals surface area contributed by atoms with Gasteiger partial charge in [0.25, 0.3) is 10.0 Å². The van der Waals surface area contributed by atoms with Crippen molar-refractivity contribution in [3.63, 3.8) is 0 Å². The summed E-state index contributed by atoms with van der Waals surface area (Å²) in [5.74, 6) is -1.00. The average molecular weight is 463 g/mol. The SMILES string of the molecule is O=C(O)c1cccc(CCCc2ccccc2NS(=O)(=O)c2ccc(C(F)(F)F)cc2)c1. The molecule has 0 spiro atoms. The summed E-state index contributed by atoms with van der Waals surface area (Å²) in [6.45, 7) is 0. The van der Waals surface area contributed by atoms with Crippen LogP contribution < -0.4 is 4.72 Å². The fourth-order valence-corrected chi connectivity index (χ4v) is 4.31. The van der Waals surface area contributed by atoms with Gasteiger partial charge in [-0.15, -0.1) is 0 Å². The number of carboxylic acids is 1. The molecule has 168 valence electrons. The molecule has 0 aromatic heterocycles. The molecule has 0 atom stereocenters. The summed E-state index contributed by atoms with van der Waals surface area (Å²) < 4.78 is 65.9. The Morgan fingerprint density at radius 2 is 1.59 bits per heavy atom. The first-order valence-electron chi connectivity index (χ1n) is 9.66. The third-order valence-corrected chi connectivity index (χ3v) is 6.22. The lowest BCUT2D eigenvalue weighted by molar-refractivity contribution is -0.137. The summed E-state index contributed by atoms with van der Waals surface area (Å²) in [4.78, 5) is 10.8. The lowest BCUT2D eigenvalue weighted by atomic mass is 10.0. The van der Waals surface area contributed by atoms with Crippen LogP contribution in [0.5, 0.6) is 0 Å². The number of hydrogen-bond acceptors (Lipinski definition) is 3. The molecule has 0 unspecified atom stereocenters. The van der Waals surface area contributed by atoms with Crippen molar-refractivity contribution in [3.8, 4) is 0 Å². The number of halogens is 3. The van der Waals surface area contributed by atoms with Gasteiger partial charge >= 0.3 is 12.1 Å². The number of anilines is 1. The fraction of sp³-hybridized carbons (Fsp3) is 0.174. The van der Waals surface area contributed by atoms with Gasteiger partial charge in [0.05, 0.1) is 21.7 Å². The van der Waals surface area contributed by atoms with Crippen LogP contribution in [0.3, 0.4) is 0 Å². The number of aromatic carboxylic acids is 1. The zero-order chi connectivity index (χ0) is 23.4. The minimum absolute atomic E-state index is 0.201. The average Bonchev–Trinajstić information content (AvgIpc) is 2.74. The first kappa shape index (κ1) is 23.3. The summed E-state index contributed by atoms with van der Waals surface area (Å²) in [5.41, 5.74) is 1.19. The largest absolute Gasteiger partial charge is 0.478 e. The molecule has 5 nitrogen and oxygen atoms in total. The van der Waals surface area contributed by atoms with E-state index in [1.165, 1.54) is 6.07 Å². The van der Waals surface area contributed by atoms with Gasteiger partial charge < -0.3 is 5.11 Å². The van der Waals surface area contributed by atoms with Crippen LogP contribution in [0, 0.1) is 0 Å². The van der Waals surface area contributed by atoms with Crippen molar-refractivity contribution < 1.29 is 31.5 Å². The number of para-hydroxylation sites is 1. The third-order valence-electron chi connectivity index (χ3n) is 4.84. The first-order chi connectivity index (χ1) is 15.1. The van der Waals surface area contributed by atoms with Gasteiger partial charge in [0.15, 0.2) is 0 Å². The monoisotopic (exact) mass is 463 g/mol. The van der Waals surface area contributed by atoms with E-state index >= 15 is 0 Å². The number of carbonyl (C=O) groups is 1. The molecule has 3 aromatic rings. The van der Waals surface area contributed by atoms with Crippen LogP contribution in [0.15, 0.2) is 77.7 Å².